The molecule has 8 heteroatoms. The smallest absolute Gasteiger partial charge is 0.243 e. The molecule has 1 amide bonds. The fourth-order valence-corrected chi connectivity index (χ4v) is 3.13. The minimum absolute atomic E-state index is 0.0301. The molecular formula is C23H27FN6O. The second-order valence-corrected chi connectivity index (χ2v) is 7.07. The van der Waals surface area contributed by atoms with Crippen LogP contribution in [0.25, 0.3) is 5.69 Å². The van der Waals surface area contributed by atoms with Crippen molar-refractivity contribution < 1.29 is 9.18 Å². The molecule has 3 rings (SSSR count). The molecule has 0 aliphatic heterocycles. The number of aryl methyl sites for hydroxylation is 2. The molecule has 0 fully saturated rings. The van der Waals surface area contributed by atoms with E-state index in [9.17, 15) is 9.18 Å². The lowest BCUT2D eigenvalue weighted by molar-refractivity contribution is -0.115. The van der Waals surface area contributed by atoms with Gasteiger partial charge in [0, 0.05) is 17.9 Å². The number of halogens is 1. The van der Waals surface area contributed by atoms with Crippen molar-refractivity contribution in [2.24, 2.45) is 4.99 Å². The molecule has 0 unspecified atom stereocenters. The second kappa shape index (κ2) is 10.4. The van der Waals surface area contributed by atoms with Crippen LogP contribution < -0.4 is 16.0 Å². The fourth-order valence-electron chi connectivity index (χ4n) is 3.13. The van der Waals surface area contributed by atoms with Crippen molar-refractivity contribution in [3.05, 3.63) is 77.4 Å². The molecule has 0 bridgehead atoms. The van der Waals surface area contributed by atoms with Crippen LogP contribution in [0.5, 0.6) is 0 Å². The summed E-state index contributed by atoms with van der Waals surface area (Å²) in [5.74, 6) is -0.0707. The van der Waals surface area contributed by atoms with Crippen molar-refractivity contribution in [1.82, 2.24) is 20.4 Å². The van der Waals surface area contributed by atoms with Crippen molar-refractivity contribution >= 4 is 17.6 Å². The number of nitrogens with zero attached hydrogens (tertiary/aromatic N) is 3. The van der Waals surface area contributed by atoms with E-state index < -0.39 is 0 Å². The molecule has 0 radical (unpaired) electrons. The summed E-state index contributed by atoms with van der Waals surface area (Å²) in [6.45, 7) is 7.05. The van der Waals surface area contributed by atoms with Gasteiger partial charge in [0.05, 0.1) is 24.5 Å². The molecule has 2 aromatic carbocycles. The van der Waals surface area contributed by atoms with E-state index in [-0.39, 0.29) is 18.3 Å². The van der Waals surface area contributed by atoms with Gasteiger partial charge < -0.3 is 16.0 Å². The third-order valence-electron chi connectivity index (χ3n) is 4.53. The first kappa shape index (κ1) is 22.0. The Morgan fingerprint density at radius 2 is 1.84 bits per heavy atom. The second-order valence-electron chi connectivity index (χ2n) is 7.07. The Bertz CT molecular complexity index is 1060. The molecule has 7 nitrogen and oxygen atoms in total. The van der Waals surface area contributed by atoms with Crippen LogP contribution in [0.4, 0.5) is 10.1 Å². The Balaban J connectivity index is 1.67. The quantitative estimate of drug-likeness (QED) is 0.403. The van der Waals surface area contributed by atoms with Crippen molar-refractivity contribution in [3.8, 4) is 5.69 Å². The number of aromatic nitrogens is 2. The summed E-state index contributed by atoms with van der Waals surface area (Å²) < 4.78 is 14.9. The van der Waals surface area contributed by atoms with Gasteiger partial charge in [0.2, 0.25) is 5.91 Å². The maximum Gasteiger partial charge on any atom is 0.243 e. The summed E-state index contributed by atoms with van der Waals surface area (Å²) in [5.41, 5.74) is 4.53. The lowest BCUT2D eigenvalue weighted by Crippen LogP contribution is -2.41. The van der Waals surface area contributed by atoms with Crippen molar-refractivity contribution in [1.29, 1.82) is 0 Å². The van der Waals surface area contributed by atoms with Gasteiger partial charge >= 0.3 is 0 Å². The molecule has 0 atom stereocenters. The highest BCUT2D eigenvalue weighted by molar-refractivity contribution is 5.94. The zero-order chi connectivity index (χ0) is 22.2. The maximum absolute atomic E-state index is 13.0. The average Bonchev–Trinajstić information content (AvgIpc) is 3.09. The van der Waals surface area contributed by atoms with Crippen LogP contribution in [0.3, 0.4) is 0 Å². The van der Waals surface area contributed by atoms with Gasteiger partial charge in [0.25, 0.3) is 0 Å². The van der Waals surface area contributed by atoms with Crippen LogP contribution in [-0.4, -0.2) is 34.7 Å². The molecule has 1 aromatic heterocycles. The van der Waals surface area contributed by atoms with Gasteiger partial charge in [-0.15, -0.1) is 0 Å². The van der Waals surface area contributed by atoms with E-state index in [1.807, 2.05) is 55.8 Å². The molecule has 3 N–H and O–H groups in total. The third kappa shape index (κ3) is 6.15. The highest BCUT2D eigenvalue weighted by Crippen LogP contribution is 2.17. The van der Waals surface area contributed by atoms with Gasteiger partial charge in [0.15, 0.2) is 5.96 Å². The van der Waals surface area contributed by atoms with Crippen molar-refractivity contribution in [2.75, 3.05) is 18.4 Å². The van der Waals surface area contributed by atoms with Crippen molar-refractivity contribution in [2.45, 2.75) is 27.3 Å². The summed E-state index contributed by atoms with van der Waals surface area (Å²) in [6, 6.07) is 15.6. The Kier molecular flexibility index (Phi) is 7.37. The number of nitrogens with one attached hydrogen (secondary N) is 3. The fraction of sp³-hybridized carbons (Fsp3) is 0.261. The van der Waals surface area contributed by atoms with Crippen molar-refractivity contribution in [3.63, 3.8) is 0 Å². The number of amides is 1. The van der Waals surface area contributed by atoms with Crippen LogP contribution in [0.1, 0.15) is 23.9 Å². The van der Waals surface area contributed by atoms with Gasteiger partial charge in [-0.25, -0.2) is 14.1 Å². The topological polar surface area (TPSA) is 83.3 Å². The number of aliphatic imine (C=N–C) groups is 1. The Hall–Kier alpha value is -3.68. The minimum Gasteiger partial charge on any atom is -0.357 e. The number of carbonyl (C=O) groups excluding carboxylic acids is 1. The first-order chi connectivity index (χ1) is 15.0. The predicted molar refractivity (Wildman–Crippen MR) is 121 cm³/mol. The number of rotatable bonds is 7. The number of para-hydroxylation sites is 1. The summed E-state index contributed by atoms with van der Waals surface area (Å²) in [6.07, 6.45) is 0. The van der Waals surface area contributed by atoms with Crippen LogP contribution >= 0.6 is 0 Å². The molecule has 0 spiro atoms. The lowest BCUT2D eigenvalue weighted by atomic mass is 10.2. The summed E-state index contributed by atoms with van der Waals surface area (Å²) in [4.78, 5) is 16.8. The molecule has 162 valence electrons. The van der Waals surface area contributed by atoms with Crippen LogP contribution in [0.15, 0.2) is 59.6 Å². The monoisotopic (exact) mass is 422 g/mol. The predicted octanol–water partition coefficient (Wildman–Crippen LogP) is 3.32. The number of guanidine groups is 1. The van der Waals surface area contributed by atoms with E-state index in [0.717, 1.165) is 22.6 Å². The highest BCUT2D eigenvalue weighted by Gasteiger charge is 2.09. The largest absolute Gasteiger partial charge is 0.357 e. The highest BCUT2D eigenvalue weighted by atomic mass is 19.1. The molecular weight excluding hydrogens is 395 g/mol. The summed E-state index contributed by atoms with van der Waals surface area (Å²) >= 11 is 0. The van der Waals surface area contributed by atoms with Crippen LogP contribution in [-0.2, 0) is 11.3 Å². The van der Waals surface area contributed by atoms with Gasteiger partial charge in [-0.3, -0.25) is 4.79 Å². The zero-order valence-electron chi connectivity index (χ0n) is 17.9. The van der Waals surface area contributed by atoms with Gasteiger partial charge in [-0.05, 0) is 62.7 Å². The van der Waals surface area contributed by atoms with Gasteiger partial charge in [-0.2, -0.15) is 5.10 Å². The molecule has 31 heavy (non-hydrogen) atoms. The first-order valence-electron chi connectivity index (χ1n) is 10.2. The molecule has 1 heterocycles. The Labute approximate surface area is 181 Å². The minimum atomic E-state index is -0.349. The molecule has 0 aliphatic carbocycles. The Morgan fingerprint density at radius 3 is 2.52 bits per heavy atom. The molecule has 0 aliphatic rings. The van der Waals surface area contributed by atoms with E-state index in [4.69, 9.17) is 0 Å². The Morgan fingerprint density at radius 1 is 1.10 bits per heavy atom. The van der Waals surface area contributed by atoms with Crippen LogP contribution in [0, 0.1) is 19.7 Å². The SMILES string of the molecule is CCNC(=NCc1ccccc1-n1nc(C)cc1C)NCC(=O)Nc1ccc(F)cc1. The standard InChI is InChI=1S/C23H27FN6O/c1-4-25-23(27-15-22(31)28-20-11-9-19(24)10-12-20)26-14-18-7-5-6-8-21(18)30-17(3)13-16(2)29-30/h5-13H,4,14-15H2,1-3H3,(H,28,31)(H2,25,26,27). The molecule has 0 saturated heterocycles. The molecule has 0 saturated carbocycles. The average molecular weight is 423 g/mol. The van der Waals surface area contributed by atoms with E-state index in [1.54, 1.807) is 0 Å². The normalized spacial score (nSPS) is 11.3. The number of carbonyl (C=O) groups is 1. The van der Waals surface area contributed by atoms with E-state index >= 15 is 0 Å². The lowest BCUT2D eigenvalue weighted by Gasteiger charge is -2.13. The maximum atomic E-state index is 13.0. The van der Waals surface area contributed by atoms with Gasteiger partial charge in [0.1, 0.15) is 5.82 Å². The summed E-state index contributed by atoms with van der Waals surface area (Å²) in [7, 11) is 0. The van der Waals surface area contributed by atoms with Crippen LogP contribution in [0.2, 0.25) is 0 Å². The summed E-state index contributed by atoms with van der Waals surface area (Å²) in [5, 5.41) is 13.5. The molecule has 3 aromatic rings. The van der Waals surface area contributed by atoms with Gasteiger partial charge in [-0.1, -0.05) is 18.2 Å². The first-order valence-corrected chi connectivity index (χ1v) is 10.2. The number of hydrogen-bond acceptors (Lipinski definition) is 3. The number of hydrogen-bond donors (Lipinski definition) is 3. The van der Waals surface area contributed by atoms with E-state index in [0.29, 0.717) is 24.7 Å². The third-order valence-corrected chi connectivity index (χ3v) is 4.53. The van der Waals surface area contributed by atoms with E-state index in [1.165, 1.54) is 24.3 Å². The number of benzene rings is 2. The number of anilines is 1. The zero-order valence-corrected chi connectivity index (χ0v) is 17.9. The van der Waals surface area contributed by atoms with E-state index in [2.05, 4.69) is 26.0 Å².